The summed E-state index contributed by atoms with van der Waals surface area (Å²) in [5.41, 5.74) is 8.88. The van der Waals surface area contributed by atoms with E-state index in [1.165, 1.54) is 11.1 Å². The van der Waals surface area contributed by atoms with E-state index >= 15 is 0 Å². The Morgan fingerprint density at radius 2 is 1.14 bits per heavy atom. The van der Waals surface area contributed by atoms with Gasteiger partial charge in [0.2, 0.25) is 0 Å². The van der Waals surface area contributed by atoms with Crippen LogP contribution in [0.15, 0.2) is 52.7 Å². The van der Waals surface area contributed by atoms with Crippen LogP contribution in [-0.2, 0) is 10.8 Å². The molecule has 2 nitrogen and oxygen atoms in total. The Labute approximate surface area is 172 Å². The molecule has 148 valence electrons. The average molecular weight is 391 g/mol. The number of hydrogen-bond donors (Lipinski definition) is 0. The monoisotopic (exact) mass is 390 g/mol. The van der Waals surface area contributed by atoms with Gasteiger partial charge in [-0.1, -0.05) is 73.2 Å². The number of azo groups is 1. The lowest BCUT2D eigenvalue weighted by Gasteiger charge is -2.25. The van der Waals surface area contributed by atoms with Crippen LogP contribution >= 0.6 is 0 Å². The zero-order valence-corrected chi connectivity index (χ0v) is 19.9. The summed E-state index contributed by atoms with van der Waals surface area (Å²) in [5.74, 6) is 3.27. The fourth-order valence-corrected chi connectivity index (χ4v) is 3.04. The van der Waals surface area contributed by atoms with Gasteiger partial charge in [-0.25, -0.2) is 0 Å². The van der Waals surface area contributed by atoms with Crippen molar-refractivity contribution in [1.29, 1.82) is 0 Å². The summed E-state index contributed by atoms with van der Waals surface area (Å²) in [5, 5.41) is 8.99. The molecule has 0 aromatic heterocycles. The predicted molar refractivity (Wildman–Crippen MR) is 125 cm³/mol. The Kier molecular flexibility index (Phi) is 6.36. The van der Waals surface area contributed by atoms with Gasteiger partial charge in [-0.15, -0.1) is 5.54 Å². The molecule has 0 radical (unpaired) electrons. The van der Waals surface area contributed by atoms with Crippen molar-refractivity contribution >= 4 is 19.4 Å². The maximum atomic E-state index is 4.54. The lowest BCUT2D eigenvalue weighted by molar-refractivity contribution is 0.568. The maximum Gasteiger partial charge on any atom is 0.129 e. The molecule has 2 aromatic carbocycles. The maximum absolute atomic E-state index is 4.54. The third-order valence-electron chi connectivity index (χ3n) is 4.38. The van der Waals surface area contributed by atoms with Crippen molar-refractivity contribution < 1.29 is 0 Å². The molecule has 3 heteroatoms. The topological polar surface area (TPSA) is 24.7 Å². The molecule has 0 spiro atoms. The van der Waals surface area contributed by atoms with Crippen LogP contribution in [0.5, 0.6) is 0 Å². The molecule has 0 aliphatic heterocycles. The molecule has 0 unspecified atom stereocenters. The molecule has 0 aliphatic rings. The van der Waals surface area contributed by atoms with Gasteiger partial charge in [0.15, 0.2) is 0 Å². The first-order valence-corrected chi connectivity index (χ1v) is 13.5. The van der Waals surface area contributed by atoms with Crippen LogP contribution in [0.25, 0.3) is 0 Å². The van der Waals surface area contributed by atoms with Gasteiger partial charge in [-0.2, -0.15) is 10.2 Å². The summed E-state index contributed by atoms with van der Waals surface area (Å²) in [4.78, 5) is 0. The molecule has 2 aromatic rings. The van der Waals surface area contributed by atoms with E-state index in [-0.39, 0.29) is 10.8 Å². The van der Waals surface area contributed by atoms with E-state index in [9.17, 15) is 0 Å². The van der Waals surface area contributed by atoms with Crippen molar-refractivity contribution in [2.24, 2.45) is 10.2 Å². The average Bonchev–Trinajstić information content (AvgIpc) is 2.56. The Bertz CT molecular complexity index is 874. The highest BCUT2D eigenvalue weighted by atomic mass is 28.3. The highest BCUT2D eigenvalue weighted by Crippen LogP contribution is 2.33. The third-order valence-corrected chi connectivity index (χ3v) is 5.25. The molecule has 0 atom stereocenters. The summed E-state index contributed by atoms with van der Waals surface area (Å²) in [6, 6.07) is 14.6. The second-order valence-electron chi connectivity index (χ2n) is 10.5. The summed E-state index contributed by atoms with van der Waals surface area (Å²) >= 11 is 0. The van der Waals surface area contributed by atoms with E-state index in [1.807, 2.05) is 24.3 Å². The van der Waals surface area contributed by atoms with Crippen LogP contribution in [0.3, 0.4) is 0 Å². The smallest absolute Gasteiger partial charge is 0.129 e. The molecule has 28 heavy (non-hydrogen) atoms. The van der Waals surface area contributed by atoms with E-state index in [0.717, 1.165) is 16.9 Å². The Balaban J connectivity index is 2.31. The van der Waals surface area contributed by atoms with E-state index < -0.39 is 8.07 Å². The molecule has 0 saturated carbocycles. The van der Waals surface area contributed by atoms with E-state index in [0.29, 0.717) is 0 Å². The first-order valence-electron chi connectivity index (χ1n) is 9.95. The molecule has 0 N–H and O–H groups in total. The van der Waals surface area contributed by atoms with E-state index in [1.54, 1.807) is 0 Å². The van der Waals surface area contributed by atoms with Crippen molar-refractivity contribution in [2.75, 3.05) is 0 Å². The predicted octanol–water partition coefficient (Wildman–Crippen LogP) is 7.93. The van der Waals surface area contributed by atoms with Crippen molar-refractivity contribution in [3.05, 3.63) is 59.2 Å². The van der Waals surface area contributed by atoms with Crippen LogP contribution < -0.4 is 0 Å². The van der Waals surface area contributed by atoms with Gasteiger partial charge in [-0.3, -0.25) is 0 Å². The number of nitrogens with zero attached hydrogens (tertiary/aromatic N) is 2. The zero-order valence-electron chi connectivity index (χ0n) is 18.9. The molecule has 0 aliphatic carbocycles. The lowest BCUT2D eigenvalue weighted by Crippen LogP contribution is -2.16. The minimum absolute atomic E-state index is 0.0716. The van der Waals surface area contributed by atoms with Crippen LogP contribution in [0.4, 0.5) is 11.4 Å². The molecule has 0 saturated heterocycles. The Morgan fingerprint density at radius 1 is 0.679 bits per heavy atom. The van der Waals surface area contributed by atoms with Crippen molar-refractivity contribution in [1.82, 2.24) is 0 Å². The quantitative estimate of drug-likeness (QED) is 0.282. The lowest BCUT2D eigenvalue weighted by atomic mass is 9.80. The van der Waals surface area contributed by atoms with Gasteiger partial charge in [0.05, 0.1) is 11.4 Å². The molecule has 0 heterocycles. The highest BCUT2D eigenvalue weighted by molar-refractivity contribution is 6.83. The Morgan fingerprint density at radius 3 is 1.57 bits per heavy atom. The Hall–Kier alpha value is -2.18. The van der Waals surface area contributed by atoms with Crippen molar-refractivity contribution in [2.45, 2.75) is 72.0 Å². The minimum Gasteiger partial charge on any atom is -0.151 e. The van der Waals surface area contributed by atoms with Crippen molar-refractivity contribution in [3.63, 3.8) is 0 Å². The van der Waals surface area contributed by atoms with Crippen LogP contribution in [0, 0.1) is 11.5 Å². The molecule has 0 amide bonds. The highest BCUT2D eigenvalue weighted by Gasteiger charge is 2.20. The van der Waals surface area contributed by atoms with E-state index in [4.69, 9.17) is 0 Å². The van der Waals surface area contributed by atoms with E-state index in [2.05, 4.69) is 101 Å². The molecular weight excluding hydrogens is 356 g/mol. The first-order chi connectivity index (χ1) is 12.7. The van der Waals surface area contributed by atoms with Gasteiger partial charge >= 0.3 is 0 Å². The normalized spacial score (nSPS) is 12.8. The number of hydrogen-bond acceptors (Lipinski definition) is 2. The van der Waals surface area contributed by atoms with Gasteiger partial charge in [0, 0.05) is 5.56 Å². The first kappa shape index (κ1) is 22.1. The van der Waals surface area contributed by atoms with Gasteiger partial charge in [0.1, 0.15) is 8.07 Å². The van der Waals surface area contributed by atoms with Gasteiger partial charge in [-0.05, 0) is 58.4 Å². The second-order valence-corrected chi connectivity index (χ2v) is 15.3. The van der Waals surface area contributed by atoms with Gasteiger partial charge in [0.25, 0.3) is 0 Å². The fraction of sp³-hybridized carbons (Fsp3) is 0.440. The SMILES string of the molecule is CC(C)(C)c1cc(N=Nc2ccc(C#C[Si](C)(C)C)cc2)cc(C(C)(C)C)c1. The summed E-state index contributed by atoms with van der Waals surface area (Å²) in [7, 11) is -1.36. The summed E-state index contributed by atoms with van der Waals surface area (Å²) in [6.45, 7) is 20.1. The molecule has 0 fully saturated rings. The van der Waals surface area contributed by atoms with Crippen LogP contribution in [0.2, 0.25) is 19.6 Å². The second kappa shape index (κ2) is 8.05. The van der Waals surface area contributed by atoms with Gasteiger partial charge < -0.3 is 0 Å². The molecular formula is C25H34N2Si. The zero-order chi connectivity index (χ0) is 21.2. The van der Waals surface area contributed by atoms with Crippen LogP contribution in [-0.4, -0.2) is 8.07 Å². The summed E-state index contributed by atoms with van der Waals surface area (Å²) < 4.78 is 0. The standard InChI is InChI=1S/C25H34N2Si/c1-24(2,3)20-16-21(25(4,5)6)18-23(17-20)27-26-22-12-10-19(11-13-22)14-15-28(7,8)9/h10-13,16-18H,1-9H3. The molecule has 0 bridgehead atoms. The fourth-order valence-electron chi connectivity index (χ4n) is 2.52. The number of rotatable bonds is 2. The summed E-state index contributed by atoms with van der Waals surface area (Å²) in [6.07, 6.45) is 0. The molecule has 2 rings (SSSR count). The number of benzene rings is 2. The largest absolute Gasteiger partial charge is 0.151 e. The third kappa shape index (κ3) is 6.76. The van der Waals surface area contributed by atoms with Crippen molar-refractivity contribution in [3.8, 4) is 11.5 Å². The minimum atomic E-state index is -1.36. The van der Waals surface area contributed by atoms with Crippen LogP contribution in [0.1, 0.15) is 58.2 Å².